The number of carbonyl (C=O) groups excluding carboxylic acids is 1. The van der Waals surface area contributed by atoms with Crippen molar-refractivity contribution in [3.63, 3.8) is 0 Å². The lowest BCUT2D eigenvalue weighted by Crippen LogP contribution is -2.36. The molecule has 0 saturated carbocycles. The van der Waals surface area contributed by atoms with E-state index >= 15 is 0 Å². The fraction of sp³-hybridized carbons (Fsp3) is 0.600. The van der Waals surface area contributed by atoms with Crippen molar-refractivity contribution in [2.75, 3.05) is 0 Å². The normalized spacial score (nSPS) is 15.0. The van der Waals surface area contributed by atoms with Crippen LogP contribution in [0.15, 0.2) is 12.4 Å². The van der Waals surface area contributed by atoms with Gasteiger partial charge in [-0.2, -0.15) is 0 Å². The Hall–Kier alpha value is -0.840. The number of hydrogen-bond acceptors (Lipinski definition) is 2. The van der Waals surface area contributed by atoms with Gasteiger partial charge in [0.1, 0.15) is 5.82 Å². The third-order valence-corrected chi connectivity index (χ3v) is 3.60. The second kappa shape index (κ2) is 5.30. The topological polar surface area (TPSA) is 57.8 Å². The van der Waals surface area contributed by atoms with Crippen molar-refractivity contribution in [1.82, 2.24) is 15.3 Å². The summed E-state index contributed by atoms with van der Waals surface area (Å²) < 4.78 is 0. The Morgan fingerprint density at radius 3 is 2.67 bits per heavy atom. The molecule has 2 unspecified atom stereocenters. The highest BCUT2D eigenvalue weighted by atomic mass is 79.9. The van der Waals surface area contributed by atoms with E-state index in [4.69, 9.17) is 0 Å². The van der Waals surface area contributed by atoms with E-state index in [-0.39, 0.29) is 22.7 Å². The van der Waals surface area contributed by atoms with Gasteiger partial charge in [-0.05, 0) is 12.8 Å². The number of carbonyl (C=O) groups is 1. The number of alkyl halides is 1. The highest BCUT2D eigenvalue weighted by molar-refractivity contribution is 9.10. The summed E-state index contributed by atoms with van der Waals surface area (Å²) in [6, 6.07) is -0.0914. The number of rotatable bonds is 4. The van der Waals surface area contributed by atoms with Gasteiger partial charge in [0.15, 0.2) is 0 Å². The summed E-state index contributed by atoms with van der Waals surface area (Å²) in [6.45, 7) is 5.89. The van der Waals surface area contributed by atoms with Gasteiger partial charge >= 0.3 is 0 Å². The van der Waals surface area contributed by atoms with Crippen molar-refractivity contribution in [2.45, 2.75) is 31.6 Å². The van der Waals surface area contributed by atoms with Gasteiger partial charge in [-0.3, -0.25) is 4.79 Å². The van der Waals surface area contributed by atoms with Gasteiger partial charge in [0.25, 0.3) is 0 Å². The van der Waals surface area contributed by atoms with E-state index in [1.807, 2.05) is 20.8 Å². The van der Waals surface area contributed by atoms with E-state index in [9.17, 15) is 4.79 Å². The minimum absolute atomic E-state index is 0.00565. The molecule has 1 heterocycles. The molecule has 0 fully saturated rings. The zero-order chi connectivity index (χ0) is 11.4. The molecule has 0 bridgehead atoms. The van der Waals surface area contributed by atoms with Crippen molar-refractivity contribution in [3.8, 4) is 0 Å². The smallest absolute Gasteiger partial charge is 0.234 e. The SMILES string of the molecule is CC(NC(=O)C(Br)C(C)C)c1ncc[nH]1. The molecule has 1 aromatic rings. The van der Waals surface area contributed by atoms with Gasteiger partial charge in [-0.1, -0.05) is 29.8 Å². The summed E-state index contributed by atoms with van der Waals surface area (Å²) in [5.41, 5.74) is 0. The van der Waals surface area contributed by atoms with E-state index in [0.29, 0.717) is 0 Å². The molecule has 0 aliphatic rings. The minimum Gasteiger partial charge on any atom is -0.347 e. The zero-order valence-corrected chi connectivity index (χ0v) is 10.7. The lowest BCUT2D eigenvalue weighted by atomic mass is 10.1. The third-order valence-electron chi connectivity index (χ3n) is 2.12. The highest BCUT2D eigenvalue weighted by Crippen LogP contribution is 2.14. The molecule has 1 rings (SSSR count). The molecular weight excluding hydrogens is 258 g/mol. The van der Waals surface area contributed by atoms with Crippen molar-refractivity contribution in [1.29, 1.82) is 0 Å². The Bertz CT molecular complexity index is 310. The van der Waals surface area contributed by atoms with E-state index < -0.39 is 0 Å². The monoisotopic (exact) mass is 273 g/mol. The van der Waals surface area contributed by atoms with Crippen LogP contribution in [0.5, 0.6) is 0 Å². The first kappa shape index (κ1) is 12.2. The molecule has 1 amide bonds. The van der Waals surface area contributed by atoms with Gasteiger partial charge in [-0.15, -0.1) is 0 Å². The Labute approximate surface area is 98.0 Å². The fourth-order valence-corrected chi connectivity index (χ4v) is 1.31. The van der Waals surface area contributed by atoms with Gasteiger partial charge in [0.2, 0.25) is 5.91 Å². The molecule has 0 aliphatic heterocycles. The molecule has 0 saturated heterocycles. The first-order valence-corrected chi connectivity index (χ1v) is 5.87. The molecule has 2 N–H and O–H groups in total. The van der Waals surface area contributed by atoms with Crippen molar-refractivity contribution in [3.05, 3.63) is 18.2 Å². The molecule has 0 spiro atoms. The number of aromatic amines is 1. The van der Waals surface area contributed by atoms with Gasteiger partial charge in [-0.25, -0.2) is 4.98 Å². The number of imidazole rings is 1. The average molecular weight is 274 g/mol. The van der Waals surface area contributed by atoms with Crippen LogP contribution in [0.1, 0.15) is 32.6 Å². The number of aromatic nitrogens is 2. The summed E-state index contributed by atoms with van der Waals surface area (Å²) in [5, 5.41) is 2.88. The number of nitrogens with one attached hydrogen (secondary N) is 2. The quantitative estimate of drug-likeness (QED) is 0.825. The molecule has 15 heavy (non-hydrogen) atoms. The summed E-state index contributed by atoms with van der Waals surface area (Å²) in [6.07, 6.45) is 3.41. The van der Waals surface area contributed by atoms with Gasteiger partial charge < -0.3 is 10.3 Å². The Morgan fingerprint density at radius 2 is 2.20 bits per heavy atom. The Kier molecular flexibility index (Phi) is 4.32. The molecule has 0 radical (unpaired) electrons. The largest absolute Gasteiger partial charge is 0.347 e. The van der Waals surface area contributed by atoms with Crippen LogP contribution in [0, 0.1) is 5.92 Å². The number of nitrogens with zero attached hydrogens (tertiary/aromatic N) is 1. The van der Waals surface area contributed by atoms with Crippen LogP contribution < -0.4 is 5.32 Å². The van der Waals surface area contributed by atoms with Crippen LogP contribution in [0.25, 0.3) is 0 Å². The zero-order valence-electron chi connectivity index (χ0n) is 9.12. The first-order chi connectivity index (χ1) is 7.02. The van der Waals surface area contributed by atoms with Gasteiger partial charge in [0.05, 0.1) is 10.9 Å². The van der Waals surface area contributed by atoms with E-state index in [1.165, 1.54) is 0 Å². The molecule has 0 aliphatic carbocycles. The van der Waals surface area contributed by atoms with Crippen molar-refractivity contribution in [2.24, 2.45) is 5.92 Å². The molecule has 2 atom stereocenters. The molecule has 84 valence electrons. The van der Waals surface area contributed by atoms with Crippen molar-refractivity contribution < 1.29 is 4.79 Å². The second-order valence-corrected chi connectivity index (χ2v) is 4.84. The Morgan fingerprint density at radius 1 is 1.53 bits per heavy atom. The number of amides is 1. The maximum Gasteiger partial charge on any atom is 0.234 e. The van der Waals surface area contributed by atoms with Crippen molar-refractivity contribution >= 4 is 21.8 Å². The lowest BCUT2D eigenvalue weighted by Gasteiger charge is -2.17. The summed E-state index contributed by atoms with van der Waals surface area (Å²) in [7, 11) is 0. The number of hydrogen-bond donors (Lipinski definition) is 2. The summed E-state index contributed by atoms with van der Waals surface area (Å²) in [4.78, 5) is 18.6. The van der Waals surface area contributed by atoms with Crippen LogP contribution in [-0.4, -0.2) is 20.7 Å². The predicted molar refractivity (Wildman–Crippen MR) is 62.7 cm³/mol. The van der Waals surface area contributed by atoms with Crippen LogP contribution in [0.3, 0.4) is 0 Å². The molecular formula is C10H16BrN3O. The minimum atomic E-state index is -0.157. The fourth-order valence-electron chi connectivity index (χ4n) is 1.18. The molecule has 5 heteroatoms. The highest BCUT2D eigenvalue weighted by Gasteiger charge is 2.21. The molecule has 0 aromatic carbocycles. The molecule has 4 nitrogen and oxygen atoms in total. The third kappa shape index (κ3) is 3.34. The van der Waals surface area contributed by atoms with E-state index in [2.05, 4.69) is 31.2 Å². The first-order valence-electron chi connectivity index (χ1n) is 4.96. The summed E-state index contributed by atoms with van der Waals surface area (Å²) in [5.74, 6) is 1.04. The summed E-state index contributed by atoms with van der Waals surface area (Å²) >= 11 is 3.36. The second-order valence-electron chi connectivity index (χ2n) is 3.85. The number of halogens is 1. The van der Waals surface area contributed by atoms with E-state index in [1.54, 1.807) is 12.4 Å². The average Bonchev–Trinajstić information content (AvgIpc) is 2.68. The van der Waals surface area contributed by atoms with Crippen LogP contribution in [0.2, 0.25) is 0 Å². The van der Waals surface area contributed by atoms with Crippen LogP contribution in [0.4, 0.5) is 0 Å². The standard InChI is InChI=1S/C10H16BrN3O/c1-6(2)8(11)10(15)14-7(3)9-12-4-5-13-9/h4-8H,1-3H3,(H,12,13)(H,14,15). The predicted octanol–water partition coefficient (Wildman–Crippen LogP) is 2.01. The number of H-pyrrole nitrogens is 1. The maximum atomic E-state index is 11.7. The van der Waals surface area contributed by atoms with Crippen LogP contribution in [-0.2, 0) is 4.79 Å². The molecule has 1 aromatic heterocycles. The van der Waals surface area contributed by atoms with Crippen LogP contribution >= 0.6 is 15.9 Å². The van der Waals surface area contributed by atoms with E-state index in [0.717, 1.165) is 5.82 Å². The Balaban J connectivity index is 2.52. The maximum absolute atomic E-state index is 11.7. The van der Waals surface area contributed by atoms with Gasteiger partial charge in [0, 0.05) is 12.4 Å². The lowest BCUT2D eigenvalue weighted by molar-refractivity contribution is -0.121.